The maximum Gasteiger partial charge on any atom is 0.339 e. The predicted molar refractivity (Wildman–Crippen MR) is 177 cm³/mol. The molecule has 1 unspecified atom stereocenters. The van der Waals surface area contributed by atoms with Crippen molar-refractivity contribution >= 4 is 47.7 Å². The molecular formula is C34H34N4O7S2. The Labute approximate surface area is 273 Å². The van der Waals surface area contributed by atoms with Crippen LogP contribution in [0.3, 0.4) is 0 Å². The van der Waals surface area contributed by atoms with Crippen LogP contribution in [0.2, 0.25) is 0 Å². The molecule has 0 amide bonds. The van der Waals surface area contributed by atoms with Gasteiger partial charge in [-0.05, 0) is 61.2 Å². The molecule has 1 atom stereocenters. The molecule has 2 aromatic heterocycles. The standard InChI is InChI=1S/C34H34N4O7S2/c1-24(39)44-29-14-18-38(19-15-29)23-28(37-46(40,41)33-6-2-4-26-21-35-16-12-31(26)33)20-25-8-10-30(11-9-25)45-47(42,43)34-7-3-5-27-22-36-17-13-32(27)34/h2-13,16-17,21-22,28-29,37H,14-15,18-20,23H2,1H3. The summed E-state index contributed by atoms with van der Waals surface area (Å²) in [4.78, 5) is 21.9. The molecule has 1 aliphatic heterocycles. The Bertz CT molecular complexity index is 2110. The van der Waals surface area contributed by atoms with Crippen LogP contribution >= 0.6 is 0 Å². The van der Waals surface area contributed by atoms with Gasteiger partial charge < -0.3 is 13.8 Å². The van der Waals surface area contributed by atoms with Crippen molar-refractivity contribution < 1.29 is 30.6 Å². The molecule has 47 heavy (non-hydrogen) atoms. The minimum absolute atomic E-state index is 0.0395. The second-order valence-electron chi connectivity index (χ2n) is 11.5. The van der Waals surface area contributed by atoms with Crippen LogP contribution in [0.25, 0.3) is 21.5 Å². The fraction of sp³-hybridized carbons (Fsp3) is 0.265. The summed E-state index contributed by atoms with van der Waals surface area (Å²) >= 11 is 0. The summed E-state index contributed by atoms with van der Waals surface area (Å²) in [5.41, 5.74) is 0.788. The van der Waals surface area contributed by atoms with E-state index in [2.05, 4.69) is 19.6 Å². The normalized spacial score (nSPS) is 15.4. The number of fused-ring (bicyclic) bond motifs is 2. The third-order valence-corrected chi connectivity index (χ3v) is 11.0. The highest BCUT2D eigenvalue weighted by atomic mass is 32.2. The summed E-state index contributed by atoms with van der Waals surface area (Å²) in [5, 5.41) is 2.47. The average Bonchev–Trinajstić information content (AvgIpc) is 3.05. The highest BCUT2D eigenvalue weighted by molar-refractivity contribution is 7.89. The molecule has 0 spiro atoms. The van der Waals surface area contributed by atoms with Crippen molar-refractivity contribution in [3.63, 3.8) is 0 Å². The van der Waals surface area contributed by atoms with Gasteiger partial charge in [-0.2, -0.15) is 8.42 Å². The van der Waals surface area contributed by atoms with E-state index in [1.165, 1.54) is 19.2 Å². The number of aromatic nitrogens is 2. The molecule has 3 aromatic carbocycles. The van der Waals surface area contributed by atoms with E-state index in [0.717, 1.165) is 5.56 Å². The van der Waals surface area contributed by atoms with Crippen LogP contribution < -0.4 is 8.91 Å². The van der Waals surface area contributed by atoms with Crippen molar-refractivity contribution in [2.45, 2.75) is 48.1 Å². The van der Waals surface area contributed by atoms with Crippen LogP contribution in [0.15, 0.2) is 107 Å². The van der Waals surface area contributed by atoms with Crippen LogP contribution in [-0.2, 0) is 36.1 Å². The first-order chi connectivity index (χ1) is 22.6. The maximum atomic E-state index is 13.8. The predicted octanol–water partition coefficient (Wildman–Crippen LogP) is 4.47. The van der Waals surface area contributed by atoms with Gasteiger partial charge in [-0.1, -0.05) is 36.4 Å². The van der Waals surface area contributed by atoms with Gasteiger partial charge in [0.2, 0.25) is 10.0 Å². The Balaban J connectivity index is 1.21. The van der Waals surface area contributed by atoms with Crippen LogP contribution in [-0.4, -0.2) is 69.5 Å². The Kier molecular flexibility index (Phi) is 9.50. The number of nitrogens with one attached hydrogen (secondary N) is 1. The molecule has 244 valence electrons. The Morgan fingerprint density at radius 2 is 1.45 bits per heavy atom. The number of benzene rings is 3. The number of esters is 1. The van der Waals surface area contributed by atoms with Crippen LogP contribution in [0.1, 0.15) is 25.3 Å². The largest absolute Gasteiger partial charge is 0.462 e. The van der Waals surface area contributed by atoms with E-state index in [4.69, 9.17) is 8.92 Å². The SMILES string of the molecule is CC(=O)OC1CCN(CC(Cc2ccc(OS(=O)(=O)c3cccc4cnccc34)cc2)NS(=O)(=O)c2cccc3cnccc23)CC1. The van der Waals surface area contributed by atoms with E-state index < -0.39 is 26.2 Å². The van der Waals surface area contributed by atoms with Crippen molar-refractivity contribution in [3.05, 3.63) is 103 Å². The van der Waals surface area contributed by atoms with Crippen LogP contribution in [0.4, 0.5) is 0 Å². The molecule has 1 saturated heterocycles. The highest BCUT2D eigenvalue weighted by Gasteiger charge is 2.28. The molecule has 3 heterocycles. The number of sulfonamides is 1. The smallest absolute Gasteiger partial charge is 0.339 e. The van der Waals surface area contributed by atoms with E-state index in [0.29, 0.717) is 60.4 Å². The van der Waals surface area contributed by atoms with Crippen molar-refractivity contribution in [3.8, 4) is 5.75 Å². The van der Waals surface area contributed by atoms with Crippen LogP contribution in [0, 0.1) is 0 Å². The molecule has 1 fully saturated rings. The molecule has 5 aromatic rings. The topological polar surface area (TPSA) is 145 Å². The van der Waals surface area contributed by atoms with Gasteiger partial charge in [0.25, 0.3) is 0 Å². The second-order valence-corrected chi connectivity index (χ2v) is 14.7. The highest BCUT2D eigenvalue weighted by Crippen LogP contribution is 2.27. The number of hydrogen-bond donors (Lipinski definition) is 1. The van der Waals surface area contributed by atoms with Gasteiger partial charge in [0, 0.05) is 78.9 Å². The number of pyridine rings is 2. The number of carbonyl (C=O) groups excluding carboxylic acids is 1. The number of hydrogen-bond acceptors (Lipinski definition) is 10. The molecule has 6 rings (SSSR count). The first-order valence-electron chi connectivity index (χ1n) is 15.2. The summed E-state index contributed by atoms with van der Waals surface area (Å²) in [5.74, 6) is -0.178. The first kappa shape index (κ1) is 32.5. The van der Waals surface area contributed by atoms with Crippen molar-refractivity contribution in [2.24, 2.45) is 0 Å². The quantitative estimate of drug-likeness (QED) is 0.157. The molecule has 1 aliphatic rings. The van der Waals surface area contributed by atoms with Gasteiger partial charge in [-0.25, -0.2) is 13.1 Å². The zero-order valence-electron chi connectivity index (χ0n) is 25.7. The van der Waals surface area contributed by atoms with Gasteiger partial charge in [-0.3, -0.25) is 14.8 Å². The first-order valence-corrected chi connectivity index (χ1v) is 18.1. The summed E-state index contributed by atoms with van der Waals surface area (Å²) < 4.78 is 67.8. The molecule has 0 radical (unpaired) electrons. The lowest BCUT2D eigenvalue weighted by atomic mass is 10.0. The minimum Gasteiger partial charge on any atom is -0.462 e. The average molecular weight is 675 g/mol. The summed E-state index contributed by atoms with van der Waals surface area (Å²) in [6, 6.07) is 19.4. The number of rotatable bonds is 11. The Morgan fingerprint density at radius 3 is 2.06 bits per heavy atom. The van der Waals surface area contributed by atoms with E-state index in [9.17, 15) is 21.6 Å². The minimum atomic E-state index is -4.14. The van der Waals surface area contributed by atoms with Crippen molar-refractivity contribution in [2.75, 3.05) is 19.6 Å². The third kappa shape index (κ3) is 7.76. The maximum absolute atomic E-state index is 13.8. The monoisotopic (exact) mass is 674 g/mol. The van der Waals surface area contributed by atoms with E-state index >= 15 is 0 Å². The number of ether oxygens (including phenoxy) is 1. The molecule has 0 bridgehead atoms. The number of carbonyl (C=O) groups is 1. The van der Waals surface area contributed by atoms with Gasteiger partial charge >= 0.3 is 16.1 Å². The van der Waals surface area contributed by atoms with E-state index in [1.54, 1.807) is 79.3 Å². The van der Waals surface area contributed by atoms with Crippen molar-refractivity contribution in [1.82, 2.24) is 19.6 Å². The van der Waals surface area contributed by atoms with Gasteiger partial charge in [0.1, 0.15) is 16.7 Å². The van der Waals surface area contributed by atoms with E-state index in [-0.39, 0.29) is 27.6 Å². The number of nitrogens with zero attached hydrogens (tertiary/aromatic N) is 3. The molecule has 13 heteroatoms. The van der Waals surface area contributed by atoms with Gasteiger partial charge in [0.15, 0.2) is 0 Å². The van der Waals surface area contributed by atoms with Gasteiger partial charge in [-0.15, -0.1) is 0 Å². The molecular weight excluding hydrogens is 641 g/mol. The molecule has 0 aliphatic carbocycles. The molecule has 0 saturated carbocycles. The fourth-order valence-corrected chi connectivity index (χ4v) is 8.57. The van der Waals surface area contributed by atoms with Crippen LogP contribution in [0.5, 0.6) is 5.75 Å². The summed E-state index contributed by atoms with van der Waals surface area (Å²) in [6.07, 6.45) is 7.80. The van der Waals surface area contributed by atoms with Gasteiger partial charge in [0.05, 0.1) is 4.90 Å². The molecule has 1 N–H and O–H groups in total. The summed E-state index contributed by atoms with van der Waals surface area (Å²) in [6.45, 7) is 3.10. The van der Waals surface area contributed by atoms with E-state index in [1.807, 2.05) is 6.07 Å². The zero-order valence-corrected chi connectivity index (χ0v) is 27.3. The Morgan fingerprint density at radius 1 is 0.851 bits per heavy atom. The lowest BCUT2D eigenvalue weighted by Crippen LogP contribution is -2.48. The van der Waals surface area contributed by atoms with Crippen molar-refractivity contribution in [1.29, 1.82) is 0 Å². The third-order valence-electron chi connectivity index (χ3n) is 8.12. The number of likely N-dealkylation sites (tertiary alicyclic amines) is 1. The second kappa shape index (κ2) is 13.7. The fourth-order valence-electron chi connectivity index (χ4n) is 5.96. The Hall–Kier alpha value is -4.43. The molecule has 11 nitrogen and oxygen atoms in total. The summed E-state index contributed by atoms with van der Waals surface area (Å²) in [7, 11) is -8.09. The lowest BCUT2D eigenvalue weighted by Gasteiger charge is -2.34. The number of piperidine rings is 1. The zero-order chi connectivity index (χ0) is 33.0. The lowest BCUT2D eigenvalue weighted by molar-refractivity contribution is -0.148.